The molecule has 3 nitrogen and oxygen atoms in total. The van der Waals surface area contributed by atoms with Crippen LogP contribution < -0.4 is 0 Å². The molecular weight excluding hydrogens is 263 g/mol. The molecule has 0 saturated carbocycles. The highest BCUT2D eigenvalue weighted by Crippen LogP contribution is 2.22. The Kier molecular flexibility index (Phi) is 2.81. The van der Waals surface area contributed by atoms with Crippen LogP contribution >= 0.6 is 15.9 Å². The van der Waals surface area contributed by atoms with Crippen LogP contribution in [0.4, 0.5) is 4.39 Å². The molecular formula is C10H8BrFN2O. The molecule has 0 N–H and O–H groups in total. The fraction of sp³-hybridized carbons (Fsp3) is 0.200. The monoisotopic (exact) mass is 270 g/mol. The van der Waals surface area contributed by atoms with E-state index in [1.165, 1.54) is 6.07 Å². The second-order valence-corrected chi connectivity index (χ2v) is 3.69. The van der Waals surface area contributed by atoms with Crippen LogP contribution in [0.2, 0.25) is 0 Å². The minimum absolute atomic E-state index is 0.210. The van der Waals surface area contributed by atoms with Gasteiger partial charge in [0.15, 0.2) is 5.82 Å². The van der Waals surface area contributed by atoms with Gasteiger partial charge in [-0.15, -0.1) is 0 Å². The maximum Gasteiger partial charge on any atom is 0.260 e. The first-order valence-electron chi connectivity index (χ1n) is 4.36. The van der Waals surface area contributed by atoms with Gasteiger partial charge in [-0.2, -0.15) is 4.98 Å². The van der Waals surface area contributed by atoms with E-state index in [1.807, 2.05) is 6.92 Å². The Hall–Kier alpha value is -1.23. The Balaban J connectivity index is 2.44. The van der Waals surface area contributed by atoms with E-state index in [9.17, 15) is 4.39 Å². The summed E-state index contributed by atoms with van der Waals surface area (Å²) in [5.74, 6) is 0.367. The van der Waals surface area contributed by atoms with Crippen molar-refractivity contribution in [3.05, 3.63) is 35.4 Å². The first kappa shape index (κ1) is 10.3. The summed E-state index contributed by atoms with van der Waals surface area (Å²) in [7, 11) is 0. The third-order valence-electron chi connectivity index (χ3n) is 1.94. The van der Waals surface area contributed by atoms with Crippen molar-refractivity contribution < 1.29 is 8.91 Å². The molecule has 0 unspecified atom stereocenters. The van der Waals surface area contributed by atoms with Gasteiger partial charge in [-0.05, 0) is 24.6 Å². The van der Waals surface area contributed by atoms with Crippen molar-refractivity contribution in [2.24, 2.45) is 0 Å². The molecule has 5 heteroatoms. The lowest BCUT2D eigenvalue weighted by atomic mass is 10.1. The van der Waals surface area contributed by atoms with Crippen molar-refractivity contribution in [3.63, 3.8) is 0 Å². The molecule has 0 spiro atoms. The average molecular weight is 271 g/mol. The number of hydrogen-bond donors (Lipinski definition) is 0. The zero-order valence-electron chi connectivity index (χ0n) is 8.00. The van der Waals surface area contributed by atoms with Gasteiger partial charge >= 0.3 is 0 Å². The van der Waals surface area contributed by atoms with Crippen molar-refractivity contribution in [1.82, 2.24) is 10.1 Å². The molecule has 0 radical (unpaired) electrons. The van der Waals surface area contributed by atoms with Crippen molar-refractivity contribution >= 4 is 15.9 Å². The number of benzene rings is 1. The third kappa shape index (κ3) is 2.07. The molecule has 0 bridgehead atoms. The summed E-state index contributed by atoms with van der Waals surface area (Å²) in [6.45, 7) is 1.82. The predicted octanol–water partition coefficient (Wildman–Crippen LogP) is 3.08. The van der Waals surface area contributed by atoms with Crippen molar-refractivity contribution in [3.8, 4) is 11.5 Å². The van der Waals surface area contributed by atoms with Gasteiger partial charge in [-0.25, -0.2) is 4.39 Å². The quantitative estimate of drug-likeness (QED) is 0.788. The van der Waals surface area contributed by atoms with Gasteiger partial charge in [0, 0.05) is 0 Å². The smallest absolute Gasteiger partial charge is 0.260 e. The molecule has 2 rings (SSSR count). The third-order valence-corrected chi connectivity index (χ3v) is 2.44. The molecule has 15 heavy (non-hydrogen) atoms. The largest absolute Gasteiger partial charge is 0.334 e. The molecule has 0 aliphatic carbocycles. The zero-order valence-corrected chi connectivity index (χ0v) is 9.58. The fourth-order valence-electron chi connectivity index (χ4n) is 1.21. The molecule has 0 aliphatic rings. The molecule has 0 atom stereocenters. The highest BCUT2D eigenvalue weighted by molar-refractivity contribution is 9.08. The van der Waals surface area contributed by atoms with Crippen LogP contribution in [0.25, 0.3) is 11.5 Å². The van der Waals surface area contributed by atoms with Crippen LogP contribution in [-0.2, 0) is 5.33 Å². The van der Waals surface area contributed by atoms with E-state index >= 15 is 0 Å². The average Bonchev–Trinajstić information content (AvgIpc) is 2.66. The second-order valence-electron chi connectivity index (χ2n) is 3.13. The fourth-order valence-corrected chi connectivity index (χ4v) is 1.44. The Morgan fingerprint density at radius 3 is 2.87 bits per heavy atom. The Bertz CT molecular complexity index is 484. The minimum Gasteiger partial charge on any atom is -0.334 e. The van der Waals surface area contributed by atoms with Gasteiger partial charge in [0.1, 0.15) is 5.82 Å². The Morgan fingerprint density at radius 2 is 2.27 bits per heavy atom. The molecule has 1 aromatic carbocycles. The number of alkyl halides is 1. The summed E-state index contributed by atoms with van der Waals surface area (Å²) in [5, 5.41) is 4.17. The van der Waals surface area contributed by atoms with Crippen molar-refractivity contribution in [1.29, 1.82) is 0 Å². The van der Waals surface area contributed by atoms with E-state index in [2.05, 4.69) is 26.1 Å². The number of aromatic nitrogens is 2. The highest BCUT2D eigenvalue weighted by Gasteiger charge is 2.12. The van der Waals surface area contributed by atoms with Crippen LogP contribution in [0.15, 0.2) is 22.7 Å². The van der Waals surface area contributed by atoms with Crippen molar-refractivity contribution in [2.45, 2.75) is 12.3 Å². The number of hydrogen-bond acceptors (Lipinski definition) is 3. The van der Waals surface area contributed by atoms with Gasteiger partial charge in [0.05, 0.1) is 10.9 Å². The van der Waals surface area contributed by atoms with Crippen LogP contribution in [0.5, 0.6) is 0 Å². The number of nitrogens with zero attached hydrogens (tertiary/aromatic N) is 2. The second kappa shape index (κ2) is 4.10. The van der Waals surface area contributed by atoms with E-state index in [0.29, 0.717) is 16.7 Å². The molecule has 0 saturated heterocycles. The standard InChI is InChI=1S/C10H8BrFN2O/c1-6-2-3-7(8(12)4-6)10-13-9(5-11)14-15-10/h2-4H,5H2,1H3. The van der Waals surface area contributed by atoms with Gasteiger partial charge in [0.25, 0.3) is 5.89 Å². The summed E-state index contributed by atoms with van der Waals surface area (Å²) in [4.78, 5) is 4.02. The molecule has 1 aromatic heterocycles. The van der Waals surface area contributed by atoms with Gasteiger partial charge in [-0.1, -0.05) is 27.2 Å². The van der Waals surface area contributed by atoms with E-state index in [-0.39, 0.29) is 11.7 Å². The summed E-state index contributed by atoms with van der Waals surface area (Å²) < 4.78 is 18.4. The summed E-state index contributed by atoms with van der Waals surface area (Å²) in [5.41, 5.74) is 1.19. The number of halogens is 2. The maximum atomic E-state index is 13.5. The normalized spacial score (nSPS) is 10.6. The van der Waals surface area contributed by atoms with Gasteiger partial charge in [0.2, 0.25) is 0 Å². The first-order chi connectivity index (χ1) is 7.20. The summed E-state index contributed by atoms with van der Waals surface area (Å²) >= 11 is 3.19. The van der Waals surface area contributed by atoms with Crippen LogP contribution in [0.3, 0.4) is 0 Å². The lowest BCUT2D eigenvalue weighted by Gasteiger charge is -1.97. The van der Waals surface area contributed by atoms with E-state index in [4.69, 9.17) is 4.52 Å². The molecule has 2 aromatic rings. The molecule has 1 heterocycles. The number of aryl methyl sites for hydroxylation is 1. The summed E-state index contributed by atoms with van der Waals surface area (Å²) in [6.07, 6.45) is 0. The lowest BCUT2D eigenvalue weighted by Crippen LogP contribution is -1.86. The molecule has 0 amide bonds. The van der Waals surface area contributed by atoms with E-state index < -0.39 is 0 Å². The molecule has 78 valence electrons. The zero-order chi connectivity index (χ0) is 10.8. The van der Waals surface area contributed by atoms with E-state index in [1.54, 1.807) is 12.1 Å². The lowest BCUT2D eigenvalue weighted by molar-refractivity contribution is 0.423. The van der Waals surface area contributed by atoms with Crippen LogP contribution in [0, 0.1) is 12.7 Å². The minimum atomic E-state index is -0.347. The van der Waals surface area contributed by atoms with E-state index in [0.717, 1.165) is 5.56 Å². The molecule has 0 fully saturated rings. The SMILES string of the molecule is Cc1ccc(-c2nc(CBr)no2)c(F)c1. The highest BCUT2D eigenvalue weighted by atomic mass is 79.9. The first-order valence-corrected chi connectivity index (χ1v) is 5.48. The van der Waals surface area contributed by atoms with Gasteiger partial charge < -0.3 is 4.52 Å². The topological polar surface area (TPSA) is 38.9 Å². The van der Waals surface area contributed by atoms with Gasteiger partial charge in [-0.3, -0.25) is 0 Å². The predicted molar refractivity (Wildman–Crippen MR) is 57.1 cm³/mol. The Labute approximate surface area is 94.4 Å². The van der Waals surface area contributed by atoms with Crippen LogP contribution in [-0.4, -0.2) is 10.1 Å². The van der Waals surface area contributed by atoms with Crippen LogP contribution in [0.1, 0.15) is 11.4 Å². The maximum absolute atomic E-state index is 13.5. The van der Waals surface area contributed by atoms with Crippen molar-refractivity contribution in [2.75, 3.05) is 0 Å². The number of rotatable bonds is 2. The molecule has 0 aliphatic heterocycles. The summed E-state index contributed by atoms with van der Waals surface area (Å²) in [6, 6.07) is 4.87. The Morgan fingerprint density at radius 1 is 1.47 bits per heavy atom.